The summed E-state index contributed by atoms with van der Waals surface area (Å²) in [7, 11) is 0. The van der Waals surface area contributed by atoms with Crippen molar-refractivity contribution >= 4 is 17.9 Å². The Morgan fingerprint density at radius 2 is 0.565 bits per heavy atom. The molecule has 1 unspecified atom stereocenters. The number of ether oxygens (including phenoxy) is 3. The summed E-state index contributed by atoms with van der Waals surface area (Å²) in [4.78, 5) is 38.1. The summed E-state index contributed by atoms with van der Waals surface area (Å²) in [6, 6.07) is 0. The number of carbonyl (C=O) groups excluding carboxylic acids is 3. The van der Waals surface area contributed by atoms with E-state index in [9.17, 15) is 14.4 Å². The number of rotatable bonds is 53. The molecule has 0 N–H and O–H groups in total. The standard InChI is InChI=1S/C63H110O6/c1-4-7-10-13-16-19-22-25-27-29-30-31-32-33-34-35-37-38-41-44-47-50-53-56-62(65)68-59-60(58-67-61(64)55-52-49-46-43-40-24-21-18-15-12-9-6-3)69-63(66)57-54-51-48-45-42-39-36-28-26-23-20-17-14-11-8-5-2/h7,10,16,18-19,21,25,27-28,30-31,36,60H,4-6,8-9,11-15,17,20,22-24,26,29,32-35,37-59H2,1-3H3/b10-7-,19-16-,21-18-,27-25-,31-30-,36-28-. The second-order valence-electron chi connectivity index (χ2n) is 19.5. The Hall–Kier alpha value is -3.15. The molecule has 0 aliphatic heterocycles. The van der Waals surface area contributed by atoms with Crippen LogP contribution >= 0.6 is 0 Å². The molecule has 69 heavy (non-hydrogen) atoms. The molecule has 0 heterocycles. The van der Waals surface area contributed by atoms with Gasteiger partial charge in [-0.2, -0.15) is 0 Å². The average Bonchev–Trinajstić information content (AvgIpc) is 3.35. The molecule has 0 aromatic carbocycles. The zero-order chi connectivity index (χ0) is 50.0. The molecule has 398 valence electrons. The Labute approximate surface area is 427 Å². The van der Waals surface area contributed by atoms with Crippen LogP contribution in [0.3, 0.4) is 0 Å². The second-order valence-corrected chi connectivity index (χ2v) is 19.5. The summed E-state index contributed by atoms with van der Waals surface area (Å²) < 4.78 is 16.9. The van der Waals surface area contributed by atoms with Crippen LogP contribution in [0.2, 0.25) is 0 Å². The normalized spacial score (nSPS) is 12.6. The van der Waals surface area contributed by atoms with Gasteiger partial charge in [0.1, 0.15) is 13.2 Å². The molecule has 6 heteroatoms. The minimum absolute atomic E-state index is 0.0825. The molecule has 0 bridgehead atoms. The van der Waals surface area contributed by atoms with Crippen LogP contribution in [0.5, 0.6) is 0 Å². The molecule has 1 atom stereocenters. The topological polar surface area (TPSA) is 78.9 Å². The maximum Gasteiger partial charge on any atom is 0.306 e. The van der Waals surface area contributed by atoms with Crippen molar-refractivity contribution in [1.82, 2.24) is 0 Å². The monoisotopic (exact) mass is 963 g/mol. The number of carbonyl (C=O) groups is 3. The molecule has 0 aliphatic rings. The van der Waals surface area contributed by atoms with Crippen molar-refractivity contribution in [3.8, 4) is 0 Å². The Balaban J connectivity index is 4.32. The van der Waals surface area contributed by atoms with Crippen LogP contribution in [0.15, 0.2) is 72.9 Å². The highest BCUT2D eigenvalue weighted by Crippen LogP contribution is 2.15. The maximum atomic E-state index is 12.8. The van der Waals surface area contributed by atoms with Crippen molar-refractivity contribution in [2.75, 3.05) is 13.2 Å². The van der Waals surface area contributed by atoms with Crippen molar-refractivity contribution in [3.05, 3.63) is 72.9 Å². The van der Waals surface area contributed by atoms with Gasteiger partial charge in [-0.05, 0) is 109 Å². The largest absolute Gasteiger partial charge is 0.462 e. The van der Waals surface area contributed by atoms with Gasteiger partial charge in [0, 0.05) is 19.3 Å². The summed E-state index contributed by atoms with van der Waals surface area (Å²) >= 11 is 0. The summed E-state index contributed by atoms with van der Waals surface area (Å²) in [6.45, 7) is 6.50. The minimum Gasteiger partial charge on any atom is -0.462 e. The molecular formula is C63H110O6. The van der Waals surface area contributed by atoms with Gasteiger partial charge in [-0.15, -0.1) is 0 Å². The number of esters is 3. The number of hydrogen-bond donors (Lipinski definition) is 0. The van der Waals surface area contributed by atoms with Gasteiger partial charge in [-0.25, -0.2) is 0 Å². The van der Waals surface area contributed by atoms with E-state index in [0.29, 0.717) is 19.3 Å². The molecule has 6 nitrogen and oxygen atoms in total. The van der Waals surface area contributed by atoms with Crippen LogP contribution in [0.25, 0.3) is 0 Å². The molecule has 0 amide bonds. The lowest BCUT2D eigenvalue weighted by Gasteiger charge is -2.18. The van der Waals surface area contributed by atoms with Crippen LogP contribution in [0.1, 0.15) is 290 Å². The lowest BCUT2D eigenvalue weighted by Crippen LogP contribution is -2.30. The Bertz CT molecular complexity index is 1290. The van der Waals surface area contributed by atoms with Gasteiger partial charge in [0.25, 0.3) is 0 Å². The van der Waals surface area contributed by atoms with Crippen molar-refractivity contribution < 1.29 is 28.6 Å². The van der Waals surface area contributed by atoms with Crippen molar-refractivity contribution in [2.45, 2.75) is 297 Å². The molecular weight excluding hydrogens is 853 g/mol. The van der Waals surface area contributed by atoms with Gasteiger partial charge < -0.3 is 14.2 Å². The molecule has 0 rings (SSSR count). The summed E-state index contributed by atoms with van der Waals surface area (Å²) in [6.07, 6.45) is 73.2. The number of allylic oxidation sites excluding steroid dienone is 12. The molecule has 0 aliphatic carbocycles. The quantitative estimate of drug-likeness (QED) is 0.0262. The van der Waals surface area contributed by atoms with Crippen molar-refractivity contribution in [3.63, 3.8) is 0 Å². The third kappa shape index (κ3) is 55.6. The van der Waals surface area contributed by atoms with Gasteiger partial charge >= 0.3 is 17.9 Å². The van der Waals surface area contributed by atoms with Gasteiger partial charge in [0.15, 0.2) is 6.10 Å². The molecule has 0 aromatic heterocycles. The van der Waals surface area contributed by atoms with E-state index in [-0.39, 0.29) is 31.1 Å². The Morgan fingerprint density at radius 3 is 0.928 bits per heavy atom. The summed E-state index contributed by atoms with van der Waals surface area (Å²) in [5.41, 5.74) is 0. The third-order valence-corrected chi connectivity index (χ3v) is 12.7. The van der Waals surface area contributed by atoms with Gasteiger partial charge in [0.05, 0.1) is 0 Å². The van der Waals surface area contributed by atoms with Gasteiger partial charge in [0.2, 0.25) is 0 Å². The van der Waals surface area contributed by atoms with Crippen LogP contribution in [-0.4, -0.2) is 37.2 Å². The predicted molar refractivity (Wildman–Crippen MR) is 298 cm³/mol. The zero-order valence-corrected chi connectivity index (χ0v) is 45.6. The van der Waals surface area contributed by atoms with Gasteiger partial charge in [-0.1, -0.05) is 235 Å². The molecule has 0 spiro atoms. The van der Waals surface area contributed by atoms with Gasteiger partial charge in [-0.3, -0.25) is 14.4 Å². The fourth-order valence-electron chi connectivity index (χ4n) is 8.25. The van der Waals surface area contributed by atoms with E-state index in [4.69, 9.17) is 14.2 Å². The van der Waals surface area contributed by atoms with E-state index in [1.165, 1.54) is 148 Å². The first-order valence-corrected chi connectivity index (χ1v) is 29.4. The zero-order valence-electron chi connectivity index (χ0n) is 45.6. The molecule has 0 radical (unpaired) electrons. The highest BCUT2D eigenvalue weighted by atomic mass is 16.6. The maximum absolute atomic E-state index is 12.8. The lowest BCUT2D eigenvalue weighted by molar-refractivity contribution is -0.167. The molecule has 0 aromatic rings. The minimum atomic E-state index is -0.784. The Morgan fingerprint density at radius 1 is 0.304 bits per heavy atom. The van der Waals surface area contributed by atoms with Crippen molar-refractivity contribution in [1.29, 1.82) is 0 Å². The second kappa shape index (κ2) is 57.4. The third-order valence-electron chi connectivity index (χ3n) is 12.7. The number of hydrogen-bond acceptors (Lipinski definition) is 6. The fourth-order valence-corrected chi connectivity index (χ4v) is 8.25. The first-order valence-electron chi connectivity index (χ1n) is 29.4. The Kier molecular flexibility index (Phi) is 54.8. The predicted octanol–water partition coefficient (Wildman–Crippen LogP) is 19.8. The first kappa shape index (κ1) is 65.8. The van der Waals surface area contributed by atoms with Crippen LogP contribution in [-0.2, 0) is 28.6 Å². The van der Waals surface area contributed by atoms with Crippen LogP contribution in [0, 0.1) is 0 Å². The SMILES string of the molecule is CC/C=C\C/C=C\C/C=C\C/C=C\CCCCCCCCCCCCC(=O)OCC(COC(=O)CCCCCCC/C=C\CCCCC)OC(=O)CCCCCCC/C=C\CCCCCCCCC. The lowest BCUT2D eigenvalue weighted by atomic mass is 10.1. The van der Waals surface area contributed by atoms with E-state index >= 15 is 0 Å². The van der Waals surface area contributed by atoms with E-state index in [1.807, 2.05) is 0 Å². The van der Waals surface area contributed by atoms with E-state index in [2.05, 4.69) is 93.7 Å². The molecule has 0 saturated heterocycles. The van der Waals surface area contributed by atoms with E-state index in [0.717, 1.165) is 103 Å². The van der Waals surface area contributed by atoms with Crippen LogP contribution in [0.4, 0.5) is 0 Å². The molecule has 0 fully saturated rings. The average molecular weight is 964 g/mol. The molecule has 0 saturated carbocycles. The highest BCUT2D eigenvalue weighted by molar-refractivity contribution is 5.71. The number of unbranched alkanes of at least 4 members (excludes halogenated alkanes) is 30. The van der Waals surface area contributed by atoms with Crippen LogP contribution < -0.4 is 0 Å². The van der Waals surface area contributed by atoms with E-state index in [1.54, 1.807) is 0 Å². The smallest absolute Gasteiger partial charge is 0.306 e. The fraction of sp³-hybridized carbons (Fsp3) is 0.762. The first-order chi connectivity index (χ1) is 34.0. The summed E-state index contributed by atoms with van der Waals surface area (Å²) in [5.74, 6) is -0.895. The highest BCUT2D eigenvalue weighted by Gasteiger charge is 2.19. The summed E-state index contributed by atoms with van der Waals surface area (Å²) in [5, 5.41) is 0. The van der Waals surface area contributed by atoms with Crippen molar-refractivity contribution in [2.24, 2.45) is 0 Å². The van der Waals surface area contributed by atoms with E-state index < -0.39 is 6.10 Å².